The number of thioether (sulfide) groups is 1. The third-order valence-electron chi connectivity index (χ3n) is 3.58. The molecule has 0 spiro atoms. The number of hydrogen-bond acceptors (Lipinski definition) is 4. The lowest BCUT2D eigenvalue weighted by Gasteiger charge is -2.22. The molecule has 1 aliphatic heterocycles. The average molecular weight is 299 g/mol. The zero-order chi connectivity index (χ0) is 13.7. The Labute approximate surface area is 126 Å². The second kappa shape index (κ2) is 7.11. The van der Waals surface area contributed by atoms with E-state index in [1.165, 1.54) is 35.0 Å². The third-order valence-corrected chi connectivity index (χ3v) is 6.02. The molecular weight excluding hydrogens is 272 g/mol. The van der Waals surface area contributed by atoms with Crippen LogP contribution in [0.1, 0.15) is 36.9 Å². The van der Waals surface area contributed by atoms with Crippen LogP contribution in [0.25, 0.3) is 0 Å². The topological polar surface area (TPSA) is 15.3 Å². The van der Waals surface area contributed by atoms with Gasteiger partial charge in [0.15, 0.2) is 0 Å². The van der Waals surface area contributed by atoms with Crippen molar-refractivity contribution in [2.75, 3.05) is 25.4 Å². The summed E-state index contributed by atoms with van der Waals surface area (Å²) in [6, 6.07) is 4.58. The third kappa shape index (κ3) is 5.10. The van der Waals surface area contributed by atoms with Crippen LogP contribution in [0.4, 0.5) is 0 Å². The molecule has 1 aliphatic rings. The first-order valence-corrected chi connectivity index (χ1v) is 9.04. The van der Waals surface area contributed by atoms with E-state index in [1.807, 2.05) is 11.3 Å². The van der Waals surface area contributed by atoms with Crippen molar-refractivity contribution < 1.29 is 0 Å². The second-order valence-electron chi connectivity index (χ2n) is 5.78. The van der Waals surface area contributed by atoms with Gasteiger partial charge >= 0.3 is 0 Å². The maximum absolute atomic E-state index is 3.40. The van der Waals surface area contributed by atoms with Crippen LogP contribution >= 0.6 is 23.1 Å². The predicted octanol–water partition coefficient (Wildman–Crippen LogP) is 3.58. The summed E-state index contributed by atoms with van der Waals surface area (Å²) in [5.41, 5.74) is 0. The fourth-order valence-corrected chi connectivity index (χ4v) is 4.46. The lowest BCUT2D eigenvalue weighted by Crippen LogP contribution is -2.26. The van der Waals surface area contributed by atoms with Gasteiger partial charge in [0.2, 0.25) is 0 Å². The molecule has 0 atom stereocenters. The van der Waals surface area contributed by atoms with Crippen molar-refractivity contribution in [3.05, 3.63) is 21.9 Å². The molecule has 4 heteroatoms. The number of thiophene rings is 1. The largest absolute Gasteiger partial charge is 0.312 e. The molecule has 0 radical (unpaired) electrons. The van der Waals surface area contributed by atoms with Gasteiger partial charge in [-0.25, -0.2) is 0 Å². The molecule has 19 heavy (non-hydrogen) atoms. The first-order chi connectivity index (χ1) is 9.09. The lowest BCUT2D eigenvalue weighted by molar-refractivity contribution is 0.278. The van der Waals surface area contributed by atoms with Gasteiger partial charge in [0.25, 0.3) is 0 Å². The molecular formula is C15H26N2S2. The van der Waals surface area contributed by atoms with Gasteiger partial charge in [0.1, 0.15) is 0 Å². The Kier molecular flexibility index (Phi) is 5.75. The van der Waals surface area contributed by atoms with Crippen LogP contribution in [0.3, 0.4) is 0 Å². The summed E-state index contributed by atoms with van der Waals surface area (Å²) in [4.78, 5) is 5.59. The molecule has 1 aromatic heterocycles. The molecule has 1 fully saturated rings. The second-order valence-corrected chi connectivity index (χ2v) is 8.84. The molecule has 0 aromatic carbocycles. The number of rotatable bonds is 5. The van der Waals surface area contributed by atoms with E-state index in [0.29, 0.717) is 4.75 Å². The summed E-state index contributed by atoms with van der Waals surface area (Å²) >= 11 is 4.09. The highest BCUT2D eigenvalue weighted by Gasteiger charge is 2.23. The van der Waals surface area contributed by atoms with E-state index >= 15 is 0 Å². The Morgan fingerprint density at radius 2 is 2.05 bits per heavy atom. The van der Waals surface area contributed by atoms with Crippen LogP contribution < -0.4 is 5.32 Å². The summed E-state index contributed by atoms with van der Waals surface area (Å²) < 4.78 is 0.459. The summed E-state index contributed by atoms with van der Waals surface area (Å²) in [5.74, 6) is 1.27. The summed E-state index contributed by atoms with van der Waals surface area (Å²) in [6.07, 6.45) is 1.30. The van der Waals surface area contributed by atoms with Crippen molar-refractivity contribution in [2.45, 2.75) is 45.0 Å². The SMILES string of the molecule is CCNCc1ccc(CN2CCSC(C)(C)CC2)s1. The molecule has 1 aromatic rings. The first kappa shape index (κ1) is 15.4. The van der Waals surface area contributed by atoms with Crippen molar-refractivity contribution in [2.24, 2.45) is 0 Å². The van der Waals surface area contributed by atoms with Crippen molar-refractivity contribution >= 4 is 23.1 Å². The van der Waals surface area contributed by atoms with Gasteiger partial charge in [-0.15, -0.1) is 11.3 Å². The molecule has 1 N–H and O–H groups in total. The van der Waals surface area contributed by atoms with Crippen molar-refractivity contribution in [3.63, 3.8) is 0 Å². The highest BCUT2D eigenvalue weighted by Crippen LogP contribution is 2.31. The van der Waals surface area contributed by atoms with Crippen LogP contribution in [0, 0.1) is 0 Å². The maximum atomic E-state index is 3.40. The molecule has 2 nitrogen and oxygen atoms in total. The summed E-state index contributed by atoms with van der Waals surface area (Å²) in [5, 5.41) is 3.40. The number of nitrogens with zero attached hydrogens (tertiary/aromatic N) is 1. The van der Waals surface area contributed by atoms with E-state index in [4.69, 9.17) is 0 Å². The zero-order valence-electron chi connectivity index (χ0n) is 12.4. The van der Waals surface area contributed by atoms with Gasteiger partial charge in [0, 0.05) is 39.9 Å². The molecule has 0 bridgehead atoms. The zero-order valence-corrected chi connectivity index (χ0v) is 14.0. The van der Waals surface area contributed by atoms with Gasteiger partial charge in [0.05, 0.1) is 0 Å². The molecule has 108 valence electrons. The lowest BCUT2D eigenvalue weighted by atomic mass is 10.1. The van der Waals surface area contributed by atoms with Crippen LogP contribution in [0.2, 0.25) is 0 Å². The van der Waals surface area contributed by atoms with E-state index in [9.17, 15) is 0 Å². The normalized spacial score (nSPS) is 20.4. The molecule has 0 unspecified atom stereocenters. The van der Waals surface area contributed by atoms with Crippen LogP contribution in [0.15, 0.2) is 12.1 Å². The Hall–Kier alpha value is -0.0300. The predicted molar refractivity (Wildman–Crippen MR) is 88.1 cm³/mol. The minimum atomic E-state index is 0.459. The van der Waals surface area contributed by atoms with E-state index < -0.39 is 0 Å². The maximum Gasteiger partial charge on any atom is 0.0328 e. The summed E-state index contributed by atoms with van der Waals surface area (Å²) in [6.45, 7) is 12.6. The Bertz CT molecular complexity index is 387. The highest BCUT2D eigenvalue weighted by atomic mass is 32.2. The Morgan fingerprint density at radius 1 is 1.26 bits per heavy atom. The van der Waals surface area contributed by atoms with E-state index in [0.717, 1.165) is 19.6 Å². The van der Waals surface area contributed by atoms with Crippen LogP contribution in [0.5, 0.6) is 0 Å². The van der Waals surface area contributed by atoms with E-state index in [-0.39, 0.29) is 0 Å². The van der Waals surface area contributed by atoms with Gasteiger partial charge in [-0.05, 0) is 31.6 Å². The van der Waals surface area contributed by atoms with Crippen molar-refractivity contribution in [1.29, 1.82) is 0 Å². The smallest absolute Gasteiger partial charge is 0.0328 e. The molecule has 0 amide bonds. The minimum Gasteiger partial charge on any atom is -0.312 e. The van der Waals surface area contributed by atoms with Gasteiger partial charge in [-0.3, -0.25) is 4.90 Å². The van der Waals surface area contributed by atoms with Crippen molar-refractivity contribution in [3.8, 4) is 0 Å². The minimum absolute atomic E-state index is 0.459. The van der Waals surface area contributed by atoms with Crippen LogP contribution in [-0.2, 0) is 13.1 Å². The fraction of sp³-hybridized carbons (Fsp3) is 0.733. The number of nitrogens with one attached hydrogen (secondary N) is 1. The average Bonchev–Trinajstić information content (AvgIpc) is 2.73. The number of hydrogen-bond donors (Lipinski definition) is 1. The van der Waals surface area contributed by atoms with Gasteiger partial charge in [-0.2, -0.15) is 11.8 Å². The fourth-order valence-electron chi connectivity index (χ4n) is 2.29. The van der Waals surface area contributed by atoms with Gasteiger partial charge in [-0.1, -0.05) is 20.8 Å². The standard InChI is InChI=1S/C15H26N2S2/c1-4-16-11-13-5-6-14(19-13)12-17-8-7-15(2,3)18-10-9-17/h5-6,16H,4,7-12H2,1-3H3. The monoisotopic (exact) mass is 298 g/mol. The van der Waals surface area contributed by atoms with Gasteiger partial charge < -0.3 is 5.32 Å². The first-order valence-electron chi connectivity index (χ1n) is 7.24. The Morgan fingerprint density at radius 3 is 2.84 bits per heavy atom. The highest BCUT2D eigenvalue weighted by molar-refractivity contribution is 8.00. The molecule has 2 rings (SSSR count). The molecule has 2 heterocycles. The van der Waals surface area contributed by atoms with E-state index in [2.05, 4.69) is 54.9 Å². The van der Waals surface area contributed by atoms with Crippen molar-refractivity contribution in [1.82, 2.24) is 10.2 Å². The molecule has 0 aliphatic carbocycles. The summed E-state index contributed by atoms with van der Waals surface area (Å²) in [7, 11) is 0. The molecule has 1 saturated heterocycles. The molecule has 0 saturated carbocycles. The van der Waals surface area contributed by atoms with E-state index in [1.54, 1.807) is 0 Å². The quantitative estimate of drug-likeness (QED) is 0.894. The Balaban J connectivity index is 1.85. The van der Waals surface area contributed by atoms with Crippen LogP contribution in [-0.4, -0.2) is 35.0 Å².